The summed E-state index contributed by atoms with van der Waals surface area (Å²) in [5.41, 5.74) is 3.64. The highest BCUT2D eigenvalue weighted by Gasteiger charge is 2.17. The van der Waals surface area contributed by atoms with Gasteiger partial charge in [-0.15, -0.1) is 0 Å². The Hall–Kier alpha value is -4.91. The van der Waals surface area contributed by atoms with Gasteiger partial charge in [0.15, 0.2) is 0 Å². The molecule has 1 aromatic carbocycles. The van der Waals surface area contributed by atoms with Crippen molar-refractivity contribution in [1.29, 1.82) is 5.26 Å². The lowest BCUT2D eigenvalue weighted by Crippen LogP contribution is -2.26. The number of imidazole rings is 1. The van der Waals surface area contributed by atoms with Gasteiger partial charge in [-0.2, -0.15) is 5.26 Å². The molecule has 0 aliphatic heterocycles. The molecule has 2 amide bonds. The van der Waals surface area contributed by atoms with Crippen molar-refractivity contribution in [2.45, 2.75) is 6.92 Å². The van der Waals surface area contributed by atoms with E-state index in [0.717, 1.165) is 11.3 Å². The van der Waals surface area contributed by atoms with Crippen molar-refractivity contribution in [1.82, 2.24) is 14.4 Å². The van der Waals surface area contributed by atoms with Crippen LogP contribution >= 0.6 is 0 Å². The molecule has 10 nitrogen and oxygen atoms in total. The summed E-state index contributed by atoms with van der Waals surface area (Å²) in [5.74, 6) is 0.477. The molecule has 0 atom stereocenters. The highest BCUT2D eigenvalue weighted by Crippen LogP contribution is 2.26. The van der Waals surface area contributed by atoms with Crippen molar-refractivity contribution in [3.8, 4) is 23.1 Å². The normalized spacial score (nSPS) is 10.5. The quantitative estimate of drug-likeness (QED) is 0.450. The van der Waals surface area contributed by atoms with Crippen LogP contribution in [0.1, 0.15) is 22.8 Å². The number of ether oxygens (including phenoxy) is 2. The minimum absolute atomic E-state index is 0.253. The van der Waals surface area contributed by atoms with Gasteiger partial charge in [0, 0.05) is 30.6 Å². The van der Waals surface area contributed by atoms with Gasteiger partial charge in [0.05, 0.1) is 36.9 Å². The van der Waals surface area contributed by atoms with Gasteiger partial charge in [-0.25, -0.2) is 14.8 Å². The van der Waals surface area contributed by atoms with Crippen LogP contribution in [-0.4, -0.2) is 47.1 Å². The van der Waals surface area contributed by atoms with Gasteiger partial charge >= 0.3 is 6.09 Å². The van der Waals surface area contributed by atoms with E-state index >= 15 is 0 Å². The zero-order chi connectivity index (χ0) is 24.9. The number of anilines is 2. The maximum absolute atomic E-state index is 13.2. The fourth-order valence-corrected chi connectivity index (χ4v) is 3.49. The van der Waals surface area contributed by atoms with Crippen LogP contribution in [0.15, 0.2) is 61.1 Å². The third-order valence-corrected chi connectivity index (χ3v) is 5.31. The molecule has 10 heteroatoms. The first-order valence-electron chi connectivity index (χ1n) is 10.7. The molecule has 0 spiro atoms. The van der Waals surface area contributed by atoms with Crippen molar-refractivity contribution in [2.24, 2.45) is 0 Å². The van der Waals surface area contributed by atoms with E-state index < -0.39 is 6.09 Å². The molecule has 0 aliphatic rings. The van der Waals surface area contributed by atoms with Crippen molar-refractivity contribution >= 4 is 29.2 Å². The van der Waals surface area contributed by atoms with Gasteiger partial charge in [-0.3, -0.25) is 14.5 Å². The number of hydrogen-bond donors (Lipinski definition) is 1. The Balaban J connectivity index is 1.63. The Kier molecular flexibility index (Phi) is 6.59. The number of hydrogen-bond acceptors (Lipinski definition) is 7. The lowest BCUT2D eigenvalue weighted by molar-refractivity contribution is 0.0992. The molecule has 0 bridgehead atoms. The molecule has 3 heterocycles. The maximum Gasteiger partial charge on any atom is 0.412 e. The molecule has 1 N–H and O–H groups in total. The van der Waals surface area contributed by atoms with Gasteiger partial charge in [0.25, 0.3) is 5.91 Å². The number of nitrogens with zero attached hydrogens (tertiary/aromatic N) is 5. The number of rotatable bonds is 6. The van der Waals surface area contributed by atoms with E-state index in [4.69, 9.17) is 4.74 Å². The van der Waals surface area contributed by atoms with Crippen LogP contribution in [0.5, 0.6) is 5.75 Å². The zero-order valence-corrected chi connectivity index (χ0v) is 19.3. The summed E-state index contributed by atoms with van der Waals surface area (Å²) in [4.78, 5) is 34.7. The van der Waals surface area contributed by atoms with E-state index in [9.17, 15) is 14.9 Å². The second kappa shape index (κ2) is 9.93. The number of aromatic nitrogens is 3. The minimum Gasteiger partial charge on any atom is -0.492 e. The molecule has 3 aromatic heterocycles. The molecule has 0 saturated heterocycles. The Morgan fingerprint density at radius 2 is 1.97 bits per heavy atom. The summed E-state index contributed by atoms with van der Waals surface area (Å²) in [6.45, 7) is 2.20. The van der Waals surface area contributed by atoms with Crippen LogP contribution in [-0.2, 0) is 4.74 Å². The predicted molar refractivity (Wildman–Crippen MR) is 130 cm³/mol. The summed E-state index contributed by atoms with van der Waals surface area (Å²) in [6.07, 6.45) is 4.53. The molecular formula is C25H22N6O4. The number of fused-ring (bicyclic) bond motifs is 1. The first-order chi connectivity index (χ1) is 16.9. The average molecular weight is 470 g/mol. The van der Waals surface area contributed by atoms with E-state index in [1.807, 2.05) is 23.6 Å². The molecule has 4 rings (SSSR count). The van der Waals surface area contributed by atoms with Crippen LogP contribution in [0.2, 0.25) is 0 Å². The Labute approximate surface area is 201 Å². The lowest BCUT2D eigenvalue weighted by Gasteiger charge is -2.18. The van der Waals surface area contributed by atoms with Gasteiger partial charge in [-0.05, 0) is 49.4 Å². The van der Waals surface area contributed by atoms with Crippen molar-refractivity contribution in [2.75, 3.05) is 31.0 Å². The summed E-state index contributed by atoms with van der Waals surface area (Å²) >= 11 is 0. The van der Waals surface area contributed by atoms with Crippen LogP contribution in [0, 0.1) is 11.3 Å². The highest BCUT2D eigenvalue weighted by molar-refractivity contribution is 6.06. The Bertz CT molecular complexity index is 1440. The van der Waals surface area contributed by atoms with Crippen LogP contribution < -0.4 is 15.0 Å². The van der Waals surface area contributed by atoms with Gasteiger partial charge in [-0.1, -0.05) is 0 Å². The first-order valence-corrected chi connectivity index (χ1v) is 10.7. The van der Waals surface area contributed by atoms with E-state index in [1.165, 1.54) is 12.0 Å². The number of benzene rings is 1. The second-order valence-corrected chi connectivity index (χ2v) is 7.43. The second-order valence-electron chi connectivity index (χ2n) is 7.43. The van der Waals surface area contributed by atoms with Crippen LogP contribution in [0.4, 0.5) is 16.3 Å². The summed E-state index contributed by atoms with van der Waals surface area (Å²) in [6, 6.07) is 13.9. The molecule has 0 aliphatic carbocycles. The molecule has 176 valence electrons. The molecule has 35 heavy (non-hydrogen) atoms. The Morgan fingerprint density at radius 3 is 2.66 bits per heavy atom. The SMILES string of the molecule is CCOc1cc(C(=O)N(C)c2ccc3ncc(-c4ccc(NC(=O)OC)nc4)n3c2)ccc1C#N. The van der Waals surface area contributed by atoms with E-state index in [1.54, 1.807) is 55.8 Å². The zero-order valence-electron chi connectivity index (χ0n) is 19.3. The Morgan fingerprint density at radius 1 is 1.14 bits per heavy atom. The minimum atomic E-state index is -0.604. The number of amides is 2. The monoisotopic (exact) mass is 470 g/mol. The van der Waals surface area contributed by atoms with E-state index in [2.05, 4.69) is 26.1 Å². The average Bonchev–Trinajstić information content (AvgIpc) is 3.31. The number of carbonyl (C=O) groups is 2. The third kappa shape index (κ3) is 4.74. The molecular weight excluding hydrogens is 448 g/mol. The van der Waals surface area contributed by atoms with Gasteiger partial charge in [0.2, 0.25) is 0 Å². The molecule has 0 saturated carbocycles. The number of nitriles is 1. The fraction of sp³-hybridized carbons (Fsp3) is 0.160. The predicted octanol–water partition coefficient (Wildman–Crippen LogP) is 4.12. The number of nitrogens with one attached hydrogen (secondary N) is 1. The fourth-order valence-electron chi connectivity index (χ4n) is 3.49. The maximum atomic E-state index is 13.2. The van der Waals surface area contributed by atoms with Crippen molar-refractivity contribution < 1.29 is 19.1 Å². The summed E-state index contributed by atoms with van der Waals surface area (Å²) in [7, 11) is 2.95. The van der Waals surface area contributed by atoms with Crippen LogP contribution in [0.25, 0.3) is 16.9 Å². The smallest absolute Gasteiger partial charge is 0.412 e. The highest BCUT2D eigenvalue weighted by atomic mass is 16.5. The molecule has 0 fully saturated rings. The third-order valence-electron chi connectivity index (χ3n) is 5.31. The number of methoxy groups -OCH3 is 1. The molecule has 4 aromatic rings. The van der Waals surface area contributed by atoms with Crippen LogP contribution in [0.3, 0.4) is 0 Å². The standard InChI is InChI=1S/C25H22N6O4/c1-4-35-21-11-16(5-6-17(21)12-26)24(32)30(2)19-8-10-23-28-14-20(31(23)15-19)18-7-9-22(27-13-18)29-25(33)34-3/h5-11,13-15H,4H2,1-3H3,(H,27,29,33). The summed E-state index contributed by atoms with van der Waals surface area (Å²) < 4.78 is 11.9. The van der Waals surface area contributed by atoms with E-state index in [0.29, 0.717) is 40.6 Å². The van der Waals surface area contributed by atoms with Gasteiger partial charge in [0.1, 0.15) is 23.3 Å². The topological polar surface area (TPSA) is 122 Å². The summed E-state index contributed by atoms with van der Waals surface area (Å²) in [5, 5.41) is 11.8. The largest absolute Gasteiger partial charge is 0.492 e. The molecule has 0 unspecified atom stereocenters. The first kappa shape index (κ1) is 23.3. The van der Waals surface area contributed by atoms with Crippen molar-refractivity contribution in [3.05, 3.63) is 72.2 Å². The molecule has 0 radical (unpaired) electrons. The number of carbonyl (C=O) groups excluding carboxylic acids is 2. The van der Waals surface area contributed by atoms with Crippen molar-refractivity contribution in [3.63, 3.8) is 0 Å². The van der Waals surface area contributed by atoms with Gasteiger partial charge < -0.3 is 14.4 Å². The number of pyridine rings is 2. The lowest BCUT2D eigenvalue weighted by atomic mass is 10.1. The van der Waals surface area contributed by atoms with E-state index in [-0.39, 0.29) is 5.91 Å².